The van der Waals surface area contributed by atoms with E-state index in [4.69, 9.17) is 0 Å². The summed E-state index contributed by atoms with van der Waals surface area (Å²) in [5, 5.41) is 6.13. The molecule has 0 spiro atoms. The van der Waals surface area contributed by atoms with E-state index in [1.54, 1.807) is 0 Å². The van der Waals surface area contributed by atoms with Gasteiger partial charge in [-0.2, -0.15) is 0 Å². The van der Waals surface area contributed by atoms with E-state index in [1.807, 2.05) is 36.1 Å². The molecule has 0 aliphatic rings. The van der Waals surface area contributed by atoms with Crippen molar-refractivity contribution in [3.8, 4) is 0 Å². The molecule has 1 unspecified atom stereocenters. The molecular formula is C33H60N3O2+. The maximum atomic E-state index is 13.0. The van der Waals surface area contributed by atoms with Gasteiger partial charge in [0.25, 0.3) is 0 Å². The van der Waals surface area contributed by atoms with Gasteiger partial charge in [0, 0.05) is 31.5 Å². The van der Waals surface area contributed by atoms with Gasteiger partial charge in [0.15, 0.2) is 12.4 Å². The Labute approximate surface area is 235 Å². The Hall–Kier alpha value is -1.91. The molecule has 1 atom stereocenters. The molecule has 0 saturated heterocycles. The van der Waals surface area contributed by atoms with E-state index < -0.39 is 6.04 Å². The van der Waals surface area contributed by atoms with Crippen LogP contribution >= 0.6 is 0 Å². The summed E-state index contributed by atoms with van der Waals surface area (Å²) in [6, 6.07) is 3.53. The number of hydrogen-bond donors (Lipinski definition) is 2. The lowest BCUT2D eigenvalue weighted by Crippen LogP contribution is -2.48. The van der Waals surface area contributed by atoms with Gasteiger partial charge in [-0.05, 0) is 18.4 Å². The number of nitrogens with zero attached hydrogens (tertiary/aromatic N) is 1. The van der Waals surface area contributed by atoms with E-state index in [9.17, 15) is 9.59 Å². The number of carbonyl (C=O) groups excluding carboxylic acids is 2. The molecule has 0 bridgehead atoms. The molecule has 1 heterocycles. The predicted octanol–water partition coefficient (Wildman–Crippen LogP) is 7.50. The van der Waals surface area contributed by atoms with Crippen molar-refractivity contribution in [2.45, 2.75) is 155 Å². The molecular weight excluding hydrogens is 470 g/mol. The van der Waals surface area contributed by atoms with Gasteiger partial charge in [-0.1, -0.05) is 123 Å². The van der Waals surface area contributed by atoms with E-state index in [2.05, 4.69) is 24.5 Å². The van der Waals surface area contributed by atoms with Gasteiger partial charge in [0.1, 0.15) is 13.1 Å². The highest BCUT2D eigenvalue weighted by Gasteiger charge is 2.21. The average molecular weight is 531 g/mol. The van der Waals surface area contributed by atoms with Crippen LogP contribution in [0.1, 0.15) is 148 Å². The van der Waals surface area contributed by atoms with Crippen LogP contribution in [0.5, 0.6) is 0 Å². The maximum absolute atomic E-state index is 13.0. The fourth-order valence-electron chi connectivity index (χ4n) is 4.92. The van der Waals surface area contributed by atoms with Crippen molar-refractivity contribution in [1.82, 2.24) is 10.6 Å². The van der Waals surface area contributed by atoms with Crippen LogP contribution in [0.15, 0.2) is 24.5 Å². The van der Waals surface area contributed by atoms with Crippen LogP contribution in [0.25, 0.3) is 0 Å². The van der Waals surface area contributed by atoms with Gasteiger partial charge in [0.2, 0.25) is 11.8 Å². The fourth-order valence-corrected chi connectivity index (χ4v) is 4.92. The van der Waals surface area contributed by atoms with Crippen LogP contribution in [-0.4, -0.2) is 24.4 Å². The van der Waals surface area contributed by atoms with Crippen molar-refractivity contribution in [3.63, 3.8) is 0 Å². The molecule has 0 aliphatic heterocycles. The summed E-state index contributed by atoms with van der Waals surface area (Å²) in [7, 11) is 1.98. The molecule has 0 aromatic carbocycles. The summed E-state index contributed by atoms with van der Waals surface area (Å²) in [4.78, 5) is 25.7. The Morgan fingerprint density at radius 2 is 1.13 bits per heavy atom. The topological polar surface area (TPSA) is 62.1 Å². The third-order valence-corrected chi connectivity index (χ3v) is 7.48. The predicted molar refractivity (Wildman–Crippen MR) is 160 cm³/mol. The number of amides is 2. The van der Waals surface area contributed by atoms with Crippen molar-refractivity contribution in [1.29, 1.82) is 0 Å². The number of hydrogen-bond acceptors (Lipinski definition) is 2. The lowest BCUT2D eigenvalue weighted by molar-refractivity contribution is -0.671. The molecule has 2 N–H and O–H groups in total. The van der Waals surface area contributed by atoms with Crippen LogP contribution in [0, 0.1) is 0 Å². The number of aromatic nitrogens is 1. The summed E-state index contributed by atoms with van der Waals surface area (Å²) in [5.74, 6) is -0.0666. The van der Waals surface area contributed by atoms with Gasteiger partial charge in [-0.15, -0.1) is 0 Å². The van der Waals surface area contributed by atoms with E-state index in [0.29, 0.717) is 19.4 Å². The Morgan fingerprint density at radius 1 is 0.684 bits per heavy atom. The zero-order valence-electron chi connectivity index (χ0n) is 25.2. The molecule has 1 rings (SSSR count). The van der Waals surface area contributed by atoms with Gasteiger partial charge in [-0.25, -0.2) is 4.57 Å². The second-order valence-corrected chi connectivity index (χ2v) is 11.2. The lowest BCUT2D eigenvalue weighted by atomic mass is 10.0. The van der Waals surface area contributed by atoms with Crippen LogP contribution in [-0.2, 0) is 23.1 Å². The average Bonchev–Trinajstić information content (AvgIpc) is 2.91. The van der Waals surface area contributed by atoms with E-state index in [1.165, 1.54) is 96.3 Å². The Bertz CT molecular complexity index is 705. The van der Waals surface area contributed by atoms with Gasteiger partial charge in [0.05, 0.1) is 0 Å². The molecule has 0 saturated carbocycles. The SMILES string of the molecule is CCCCCCCCCCCCNC(=O)C(Cc1cc[n+](C)cc1)NC(=O)CCCCCCCCCCC. The fraction of sp³-hybridized carbons (Fsp3) is 0.788. The molecule has 5 nitrogen and oxygen atoms in total. The van der Waals surface area contributed by atoms with E-state index in [-0.39, 0.29) is 11.8 Å². The summed E-state index contributed by atoms with van der Waals surface area (Å²) < 4.78 is 1.98. The van der Waals surface area contributed by atoms with Crippen LogP contribution in [0.2, 0.25) is 0 Å². The highest BCUT2D eigenvalue weighted by molar-refractivity contribution is 5.87. The van der Waals surface area contributed by atoms with Crippen molar-refractivity contribution in [3.05, 3.63) is 30.1 Å². The first-order chi connectivity index (χ1) is 18.6. The molecule has 0 aliphatic carbocycles. The minimum atomic E-state index is -0.517. The van der Waals surface area contributed by atoms with E-state index >= 15 is 0 Å². The van der Waals surface area contributed by atoms with Crippen LogP contribution < -0.4 is 15.2 Å². The number of rotatable bonds is 25. The quantitative estimate of drug-likeness (QED) is 0.102. The normalized spacial score (nSPS) is 11.9. The van der Waals surface area contributed by atoms with E-state index in [0.717, 1.165) is 31.2 Å². The smallest absolute Gasteiger partial charge is 0.242 e. The van der Waals surface area contributed by atoms with Gasteiger partial charge < -0.3 is 10.6 Å². The minimum absolute atomic E-state index is 0.00600. The van der Waals surface area contributed by atoms with Gasteiger partial charge >= 0.3 is 0 Å². The number of carbonyl (C=O) groups is 2. The molecule has 1 aromatic heterocycles. The van der Waals surface area contributed by atoms with Crippen LogP contribution in [0.3, 0.4) is 0 Å². The van der Waals surface area contributed by atoms with Crippen LogP contribution in [0.4, 0.5) is 0 Å². The summed E-state index contributed by atoms with van der Waals surface area (Å²) in [5.41, 5.74) is 1.06. The second kappa shape index (κ2) is 24.2. The van der Waals surface area contributed by atoms with Crippen molar-refractivity contribution >= 4 is 11.8 Å². The number of pyridine rings is 1. The minimum Gasteiger partial charge on any atom is -0.354 e. The Kier molecular flexibility index (Phi) is 21.7. The lowest BCUT2D eigenvalue weighted by Gasteiger charge is -2.18. The number of nitrogens with one attached hydrogen (secondary N) is 2. The first kappa shape index (κ1) is 34.1. The van der Waals surface area contributed by atoms with Crippen molar-refractivity contribution < 1.29 is 14.2 Å². The summed E-state index contributed by atoms with van der Waals surface area (Å²) >= 11 is 0. The third kappa shape index (κ3) is 19.2. The summed E-state index contributed by atoms with van der Waals surface area (Å²) in [6.45, 7) is 5.19. The highest BCUT2D eigenvalue weighted by atomic mass is 16.2. The zero-order valence-corrected chi connectivity index (χ0v) is 25.2. The molecule has 1 aromatic rings. The molecule has 218 valence electrons. The monoisotopic (exact) mass is 530 g/mol. The first-order valence-corrected chi connectivity index (χ1v) is 16.1. The maximum Gasteiger partial charge on any atom is 0.242 e. The van der Waals surface area contributed by atoms with Crippen molar-refractivity contribution in [2.75, 3.05) is 6.54 Å². The third-order valence-electron chi connectivity index (χ3n) is 7.48. The molecule has 5 heteroatoms. The molecule has 0 radical (unpaired) electrons. The molecule has 0 fully saturated rings. The molecule has 38 heavy (non-hydrogen) atoms. The largest absolute Gasteiger partial charge is 0.354 e. The second-order valence-electron chi connectivity index (χ2n) is 11.2. The summed E-state index contributed by atoms with van der Waals surface area (Å²) in [6.07, 6.45) is 28.9. The Morgan fingerprint density at radius 3 is 1.63 bits per heavy atom. The van der Waals surface area contributed by atoms with Crippen molar-refractivity contribution in [2.24, 2.45) is 7.05 Å². The Balaban J connectivity index is 2.32. The first-order valence-electron chi connectivity index (χ1n) is 16.1. The number of aryl methyl sites for hydroxylation is 1. The zero-order chi connectivity index (χ0) is 27.7. The van der Waals surface area contributed by atoms with Gasteiger partial charge in [-0.3, -0.25) is 9.59 Å². The highest BCUT2D eigenvalue weighted by Crippen LogP contribution is 2.12. The standard InChI is InChI=1S/C33H59N3O2/c1-4-6-8-10-12-14-16-18-20-22-26-34-33(38)31(29-30-24-27-36(3)28-25-30)35-32(37)23-21-19-17-15-13-11-9-7-5-2/h24-25,27-28,31H,4-23,26,29H2,1-3H3,(H-,34,35,37,38)/p+1. The molecule has 2 amide bonds. The number of unbranched alkanes of at least 4 members (excludes halogenated alkanes) is 17.